The number of anilines is 2. The van der Waals surface area contributed by atoms with Crippen LogP contribution in [0.4, 0.5) is 16.2 Å². The molecule has 1 aliphatic carbocycles. The van der Waals surface area contributed by atoms with Gasteiger partial charge in [0, 0.05) is 11.9 Å². The van der Waals surface area contributed by atoms with E-state index in [1.807, 2.05) is 24.4 Å². The molecule has 7 heteroatoms. The average Bonchev–Trinajstić information content (AvgIpc) is 3.07. The summed E-state index contributed by atoms with van der Waals surface area (Å²) >= 11 is 0. The molecule has 0 atom stereocenters. The van der Waals surface area contributed by atoms with E-state index in [2.05, 4.69) is 20.2 Å². The van der Waals surface area contributed by atoms with Crippen LogP contribution in [0, 0.1) is 5.92 Å². The van der Waals surface area contributed by atoms with Gasteiger partial charge in [-0.15, -0.1) is 0 Å². The van der Waals surface area contributed by atoms with Crippen molar-refractivity contribution in [1.82, 2.24) is 9.97 Å². The van der Waals surface area contributed by atoms with Crippen molar-refractivity contribution in [3.63, 3.8) is 0 Å². The summed E-state index contributed by atoms with van der Waals surface area (Å²) in [6.07, 6.45) is 6.65. The van der Waals surface area contributed by atoms with Crippen molar-refractivity contribution in [3.05, 3.63) is 36.4 Å². The van der Waals surface area contributed by atoms with Crippen LogP contribution < -0.4 is 15.0 Å². The second-order valence-corrected chi connectivity index (χ2v) is 6.55. The Labute approximate surface area is 146 Å². The van der Waals surface area contributed by atoms with E-state index in [-0.39, 0.29) is 0 Å². The smallest absolute Gasteiger partial charge is 0.411 e. The molecule has 1 aromatic heterocycles. The lowest BCUT2D eigenvalue weighted by molar-refractivity contribution is 0.115. The highest BCUT2D eigenvalue weighted by molar-refractivity contribution is 5.86. The van der Waals surface area contributed by atoms with Gasteiger partial charge in [0.2, 0.25) is 0 Å². The molecule has 0 radical (unpaired) electrons. The molecule has 1 aromatic carbocycles. The Balaban J connectivity index is 1.42. The molecule has 7 nitrogen and oxygen atoms in total. The molecule has 2 N–H and O–H groups in total. The zero-order valence-electron chi connectivity index (χ0n) is 14.0. The largest absolute Gasteiger partial charge is 0.490 e. The Bertz CT molecular complexity index is 728. The normalized spacial score (nSPS) is 16.6. The van der Waals surface area contributed by atoms with E-state index >= 15 is 0 Å². The number of carbonyl (C=O) groups excluding carboxylic acids is 1. The first-order valence-corrected chi connectivity index (χ1v) is 8.71. The highest BCUT2D eigenvalue weighted by Gasteiger charge is 2.21. The Morgan fingerprint density at radius 2 is 2.36 bits per heavy atom. The molecule has 0 spiro atoms. The lowest BCUT2D eigenvalue weighted by Gasteiger charge is -2.31. The topological polar surface area (TPSA) is 79.5 Å². The molecule has 2 aromatic rings. The van der Waals surface area contributed by atoms with Gasteiger partial charge in [-0.1, -0.05) is 6.42 Å². The van der Waals surface area contributed by atoms with E-state index in [1.54, 1.807) is 6.33 Å². The van der Waals surface area contributed by atoms with Gasteiger partial charge in [-0.25, -0.2) is 9.78 Å². The first-order chi connectivity index (χ1) is 12.3. The van der Waals surface area contributed by atoms with Gasteiger partial charge in [-0.2, -0.15) is 0 Å². The molecule has 2 aliphatic rings. The van der Waals surface area contributed by atoms with Crippen molar-refractivity contribution in [2.75, 3.05) is 30.0 Å². The number of ether oxygens (including phenoxy) is 2. The van der Waals surface area contributed by atoms with Crippen molar-refractivity contribution in [1.29, 1.82) is 0 Å². The molecule has 1 saturated carbocycles. The highest BCUT2D eigenvalue weighted by Crippen LogP contribution is 2.35. The number of fused-ring (bicyclic) bond motifs is 1. The molecule has 1 fully saturated rings. The quantitative estimate of drug-likeness (QED) is 0.872. The number of H-pyrrole nitrogens is 1. The maximum Gasteiger partial charge on any atom is 0.411 e. The molecule has 1 aliphatic heterocycles. The molecule has 132 valence electrons. The van der Waals surface area contributed by atoms with Crippen LogP contribution in [0.3, 0.4) is 0 Å². The summed E-state index contributed by atoms with van der Waals surface area (Å²) in [7, 11) is 0. The first kappa shape index (κ1) is 15.8. The van der Waals surface area contributed by atoms with Gasteiger partial charge in [-0.3, -0.25) is 5.32 Å². The first-order valence-electron chi connectivity index (χ1n) is 8.71. The number of aromatic nitrogens is 2. The number of hydrogen-bond acceptors (Lipinski definition) is 5. The number of aromatic amines is 1. The van der Waals surface area contributed by atoms with Gasteiger partial charge in [-0.05, 0) is 37.0 Å². The van der Waals surface area contributed by atoms with Crippen LogP contribution >= 0.6 is 0 Å². The minimum Gasteiger partial charge on any atom is -0.490 e. The Hall–Kier alpha value is -2.70. The molecule has 25 heavy (non-hydrogen) atoms. The van der Waals surface area contributed by atoms with E-state index < -0.39 is 6.09 Å². The van der Waals surface area contributed by atoms with Gasteiger partial charge >= 0.3 is 6.09 Å². The number of nitrogens with zero attached hydrogens (tertiary/aromatic N) is 2. The van der Waals surface area contributed by atoms with E-state index in [0.717, 1.165) is 36.5 Å². The average molecular weight is 342 g/mol. The Kier molecular flexibility index (Phi) is 4.45. The van der Waals surface area contributed by atoms with Crippen molar-refractivity contribution in [2.45, 2.75) is 25.8 Å². The molecule has 0 unspecified atom stereocenters. The SMILES string of the molecule is O=C(Nc1ccc2c(c1)N(Cc1cnc[nH]1)CCO2)OCC1CCC1. The number of imidazole rings is 1. The molecule has 4 rings (SSSR count). The zero-order valence-corrected chi connectivity index (χ0v) is 14.0. The third-order valence-electron chi connectivity index (χ3n) is 4.76. The zero-order chi connectivity index (χ0) is 17.1. The summed E-state index contributed by atoms with van der Waals surface area (Å²) in [6.45, 7) is 2.64. The second-order valence-electron chi connectivity index (χ2n) is 6.55. The molecule has 0 bridgehead atoms. The van der Waals surface area contributed by atoms with Crippen LogP contribution in [0.15, 0.2) is 30.7 Å². The number of benzene rings is 1. The predicted molar refractivity (Wildman–Crippen MR) is 93.9 cm³/mol. The van der Waals surface area contributed by atoms with Crippen molar-refractivity contribution in [2.24, 2.45) is 5.92 Å². The fourth-order valence-electron chi connectivity index (χ4n) is 3.10. The molecular formula is C18H22N4O3. The number of amides is 1. The van der Waals surface area contributed by atoms with E-state index in [0.29, 0.717) is 31.4 Å². The van der Waals surface area contributed by atoms with E-state index in [4.69, 9.17) is 9.47 Å². The summed E-state index contributed by atoms with van der Waals surface area (Å²) in [5.74, 6) is 1.35. The van der Waals surface area contributed by atoms with Gasteiger partial charge in [0.05, 0.1) is 37.4 Å². The van der Waals surface area contributed by atoms with Gasteiger partial charge < -0.3 is 19.4 Å². The minimum absolute atomic E-state index is 0.399. The Morgan fingerprint density at radius 1 is 1.44 bits per heavy atom. The monoisotopic (exact) mass is 342 g/mol. The van der Waals surface area contributed by atoms with Crippen molar-refractivity contribution in [3.8, 4) is 5.75 Å². The summed E-state index contributed by atoms with van der Waals surface area (Å²) in [5.41, 5.74) is 2.70. The van der Waals surface area contributed by atoms with E-state index in [1.165, 1.54) is 6.42 Å². The third kappa shape index (κ3) is 3.70. The summed E-state index contributed by atoms with van der Waals surface area (Å²) in [6, 6.07) is 5.65. The van der Waals surface area contributed by atoms with Crippen LogP contribution in [-0.4, -0.2) is 35.8 Å². The van der Waals surface area contributed by atoms with Crippen LogP contribution in [0.25, 0.3) is 0 Å². The predicted octanol–water partition coefficient (Wildman–Crippen LogP) is 3.16. The maximum atomic E-state index is 12.0. The fourth-order valence-corrected chi connectivity index (χ4v) is 3.10. The van der Waals surface area contributed by atoms with Crippen LogP contribution in [0.5, 0.6) is 5.75 Å². The minimum atomic E-state index is -0.399. The van der Waals surface area contributed by atoms with Gasteiger partial charge in [0.1, 0.15) is 12.4 Å². The molecule has 2 heterocycles. The van der Waals surface area contributed by atoms with Crippen LogP contribution in [0.2, 0.25) is 0 Å². The number of nitrogens with one attached hydrogen (secondary N) is 2. The highest BCUT2D eigenvalue weighted by atomic mass is 16.5. The van der Waals surface area contributed by atoms with Crippen LogP contribution in [0.1, 0.15) is 25.0 Å². The molecule has 0 saturated heterocycles. The summed E-state index contributed by atoms with van der Waals surface area (Å²) in [4.78, 5) is 21.4. The van der Waals surface area contributed by atoms with Crippen molar-refractivity contribution >= 4 is 17.5 Å². The second kappa shape index (κ2) is 7.04. The summed E-state index contributed by atoms with van der Waals surface area (Å²) in [5, 5.41) is 2.81. The lowest BCUT2D eigenvalue weighted by atomic mass is 9.86. The Morgan fingerprint density at radius 3 is 3.12 bits per heavy atom. The number of rotatable bonds is 5. The van der Waals surface area contributed by atoms with Gasteiger partial charge in [0.25, 0.3) is 0 Å². The maximum absolute atomic E-state index is 12.0. The number of carbonyl (C=O) groups is 1. The van der Waals surface area contributed by atoms with E-state index in [9.17, 15) is 4.79 Å². The molecule has 1 amide bonds. The standard InChI is InChI=1S/C18H22N4O3/c23-18(25-11-13-2-1-3-13)21-14-4-5-17-16(8-14)22(6-7-24-17)10-15-9-19-12-20-15/h4-5,8-9,12-13H,1-3,6-7,10-11H2,(H,19,20)(H,21,23). The summed E-state index contributed by atoms with van der Waals surface area (Å²) < 4.78 is 11.0. The molecular weight excluding hydrogens is 320 g/mol. The third-order valence-corrected chi connectivity index (χ3v) is 4.76. The number of hydrogen-bond donors (Lipinski definition) is 2. The fraction of sp³-hybridized carbons (Fsp3) is 0.444. The van der Waals surface area contributed by atoms with Crippen LogP contribution in [-0.2, 0) is 11.3 Å². The van der Waals surface area contributed by atoms with Gasteiger partial charge in [0.15, 0.2) is 0 Å². The van der Waals surface area contributed by atoms with Crippen molar-refractivity contribution < 1.29 is 14.3 Å². The lowest BCUT2D eigenvalue weighted by Crippen LogP contribution is -2.32.